The summed E-state index contributed by atoms with van der Waals surface area (Å²) in [4.78, 5) is 2.52. The molecule has 1 saturated heterocycles. The van der Waals surface area contributed by atoms with E-state index in [4.69, 9.17) is 11.6 Å². The molecular formula is C11H14ClNS. The van der Waals surface area contributed by atoms with E-state index in [9.17, 15) is 0 Å². The van der Waals surface area contributed by atoms with Gasteiger partial charge in [0.1, 0.15) is 0 Å². The smallest absolute Gasteiger partial charge is 0.0896 e. The highest BCUT2D eigenvalue weighted by Crippen LogP contribution is 2.43. The molecular weight excluding hydrogens is 214 g/mol. The van der Waals surface area contributed by atoms with Gasteiger partial charge in [0.2, 0.25) is 0 Å². The van der Waals surface area contributed by atoms with E-state index >= 15 is 0 Å². The highest BCUT2D eigenvalue weighted by molar-refractivity contribution is 8.00. The lowest BCUT2D eigenvalue weighted by Gasteiger charge is -2.31. The van der Waals surface area contributed by atoms with Gasteiger partial charge in [-0.15, -0.1) is 11.8 Å². The largest absolute Gasteiger partial charge is 0.288 e. The molecule has 14 heavy (non-hydrogen) atoms. The number of thioether (sulfide) groups is 1. The maximum Gasteiger partial charge on any atom is 0.0896 e. The second-order valence-electron chi connectivity index (χ2n) is 3.76. The molecule has 0 radical (unpaired) electrons. The summed E-state index contributed by atoms with van der Waals surface area (Å²) in [6.45, 7) is 3.43. The van der Waals surface area contributed by atoms with Gasteiger partial charge in [0.15, 0.2) is 0 Å². The fourth-order valence-corrected chi connectivity index (χ4v) is 3.27. The zero-order chi connectivity index (χ0) is 10.2. The number of rotatable bonds is 1. The Labute approximate surface area is 94.4 Å². The van der Waals surface area contributed by atoms with E-state index in [1.165, 1.54) is 11.3 Å². The molecule has 1 aliphatic rings. The van der Waals surface area contributed by atoms with Gasteiger partial charge in [-0.05, 0) is 31.7 Å². The van der Waals surface area contributed by atoms with Crippen molar-refractivity contribution in [3.63, 3.8) is 0 Å². The van der Waals surface area contributed by atoms with Crippen molar-refractivity contribution in [1.82, 2.24) is 4.90 Å². The standard InChI is InChI=1S/C11H14ClNS/c1-11(13(2)7-8-14-11)9-3-5-10(12)6-4-9/h3-6H,7-8H2,1-2H3. The van der Waals surface area contributed by atoms with E-state index in [1.54, 1.807) is 0 Å². The number of benzene rings is 1. The van der Waals surface area contributed by atoms with Gasteiger partial charge in [0.05, 0.1) is 4.87 Å². The lowest BCUT2D eigenvalue weighted by molar-refractivity contribution is 0.262. The molecule has 1 atom stereocenters. The molecule has 76 valence electrons. The average molecular weight is 228 g/mol. The van der Waals surface area contributed by atoms with Crippen molar-refractivity contribution < 1.29 is 0 Å². The van der Waals surface area contributed by atoms with Crippen LogP contribution in [0.15, 0.2) is 24.3 Å². The number of halogens is 1. The Morgan fingerprint density at radius 3 is 2.50 bits per heavy atom. The van der Waals surface area contributed by atoms with Crippen LogP contribution in [-0.4, -0.2) is 24.2 Å². The third kappa shape index (κ3) is 1.67. The molecule has 0 aromatic heterocycles. The van der Waals surface area contributed by atoms with Crippen LogP contribution in [0.4, 0.5) is 0 Å². The summed E-state index contributed by atoms with van der Waals surface area (Å²) in [6.07, 6.45) is 0. The van der Waals surface area contributed by atoms with Crippen LogP contribution in [0.2, 0.25) is 5.02 Å². The van der Waals surface area contributed by atoms with Crippen molar-refractivity contribution in [1.29, 1.82) is 0 Å². The van der Waals surface area contributed by atoms with Gasteiger partial charge >= 0.3 is 0 Å². The molecule has 1 aliphatic heterocycles. The third-order valence-electron chi connectivity index (χ3n) is 2.92. The summed E-state index contributed by atoms with van der Waals surface area (Å²) in [5.41, 5.74) is 1.34. The first-order valence-corrected chi connectivity index (χ1v) is 6.10. The maximum absolute atomic E-state index is 5.88. The van der Waals surface area contributed by atoms with Crippen LogP contribution in [0, 0.1) is 0 Å². The lowest BCUT2D eigenvalue weighted by Crippen LogP contribution is -2.33. The topological polar surface area (TPSA) is 3.24 Å². The SMILES string of the molecule is CN1CCSC1(C)c1ccc(Cl)cc1. The minimum atomic E-state index is 0.130. The Morgan fingerprint density at radius 1 is 1.36 bits per heavy atom. The van der Waals surface area contributed by atoms with Crippen LogP contribution < -0.4 is 0 Å². The molecule has 1 unspecified atom stereocenters. The molecule has 0 amide bonds. The fourth-order valence-electron chi connectivity index (χ4n) is 1.77. The van der Waals surface area contributed by atoms with E-state index in [0.717, 1.165) is 11.6 Å². The van der Waals surface area contributed by atoms with Crippen LogP contribution in [0.5, 0.6) is 0 Å². The molecule has 2 rings (SSSR count). The van der Waals surface area contributed by atoms with Crippen molar-refractivity contribution in [2.75, 3.05) is 19.3 Å². The number of nitrogens with zero attached hydrogens (tertiary/aromatic N) is 1. The first-order valence-electron chi connectivity index (χ1n) is 4.74. The molecule has 1 fully saturated rings. The van der Waals surface area contributed by atoms with Crippen LogP contribution in [0.1, 0.15) is 12.5 Å². The van der Waals surface area contributed by atoms with Crippen LogP contribution >= 0.6 is 23.4 Å². The average Bonchev–Trinajstić information content (AvgIpc) is 2.49. The molecule has 3 heteroatoms. The van der Waals surface area contributed by atoms with Gasteiger partial charge in [-0.2, -0.15) is 0 Å². The van der Waals surface area contributed by atoms with Crippen LogP contribution in [0.25, 0.3) is 0 Å². The summed E-state index contributed by atoms with van der Waals surface area (Å²) in [7, 11) is 2.18. The van der Waals surface area contributed by atoms with Gasteiger partial charge in [0, 0.05) is 17.3 Å². The second kappa shape index (κ2) is 3.76. The first kappa shape index (κ1) is 10.3. The predicted molar refractivity (Wildman–Crippen MR) is 63.9 cm³/mol. The Morgan fingerprint density at radius 2 is 2.00 bits per heavy atom. The van der Waals surface area contributed by atoms with Crippen molar-refractivity contribution in [2.24, 2.45) is 0 Å². The summed E-state index contributed by atoms with van der Waals surface area (Å²) in [6, 6.07) is 8.18. The molecule has 0 saturated carbocycles. The summed E-state index contributed by atoms with van der Waals surface area (Å²) < 4.78 is 0. The minimum absolute atomic E-state index is 0.130. The van der Waals surface area contributed by atoms with Crippen molar-refractivity contribution in [3.05, 3.63) is 34.9 Å². The summed E-state index contributed by atoms with van der Waals surface area (Å²) in [5, 5.41) is 0.808. The number of hydrogen-bond donors (Lipinski definition) is 0. The molecule has 1 aromatic carbocycles. The summed E-state index contributed by atoms with van der Waals surface area (Å²) in [5.74, 6) is 1.20. The van der Waals surface area contributed by atoms with E-state index in [1.807, 2.05) is 23.9 Å². The normalized spacial score (nSPS) is 28.2. The first-order chi connectivity index (χ1) is 6.63. The Balaban J connectivity index is 2.34. The Kier molecular flexibility index (Phi) is 2.78. The Bertz CT molecular complexity index is 325. The van der Waals surface area contributed by atoms with E-state index < -0.39 is 0 Å². The zero-order valence-electron chi connectivity index (χ0n) is 8.46. The third-order valence-corrected chi connectivity index (χ3v) is 4.67. The monoisotopic (exact) mass is 227 g/mol. The molecule has 0 bridgehead atoms. The fraction of sp³-hybridized carbons (Fsp3) is 0.455. The molecule has 0 N–H and O–H groups in total. The summed E-state index contributed by atoms with van der Waals surface area (Å²) >= 11 is 7.87. The molecule has 0 aliphatic carbocycles. The van der Waals surface area contributed by atoms with Crippen LogP contribution in [-0.2, 0) is 4.87 Å². The molecule has 0 spiro atoms. The maximum atomic E-state index is 5.88. The van der Waals surface area contributed by atoms with Crippen molar-refractivity contribution >= 4 is 23.4 Å². The highest BCUT2D eigenvalue weighted by Gasteiger charge is 2.36. The van der Waals surface area contributed by atoms with E-state index in [0.29, 0.717) is 0 Å². The lowest BCUT2D eigenvalue weighted by atomic mass is 10.1. The minimum Gasteiger partial charge on any atom is -0.288 e. The van der Waals surface area contributed by atoms with Crippen molar-refractivity contribution in [3.8, 4) is 0 Å². The van der Waals surface area contributed by atoms with E-state index in [-0.39, 0.29) is 4.87 Å². The van der Waals surface area contributed by atoms with Gasteiger partial charge in [0.25, 0.3) is 0 Å². The van der Waals surface area contributed by atoms with Gasteiger partial charge in [-0.3, -0.25) is 4.90 Å². The van der Waals surface area contributed by atoms with Crippen LogP contribution in [0.3, 0.4) is 0 Å². The predicted octanol–water partition coefficient (Wildman–Crippen LogP) is 3.19. The van der Waals surface area contributed by atoms with E-state index in [2.05, 4.69) is 31.0 Å². The quantitative estimate of drug-likeness (QED) is 0.725. The second-order valence-corrected chi connectivity index (χ2v) is 5.69. The number of hydrogen-bond acceptors (Lipinski definition) is 2. The highest BCUT2D eigenvalue weighted by atomic mass is 35.5. The van der Waals surface area contributed by atoms with Gasteiger partial charge < -0.3 is 0 Å². The van der Waals surface area contributed by atoms with Gasteiger partial charge in [-0.1, -0.05) is 23.7 Å². The van der Waals surface area contributed by atoms with Gasteiger partial charge in [-0.25, -0.2) is 0 Å². The van der Waals surface area contributed by atoms with Crippen molar-refractivity contribution in [2.45, 2.75) is 11.8 Å². The zero-order valence-corrected chi connectivity index (χ0v) is 10.0. The molecule has 1 heterocycles. The Hall–Kier alpha value is -0.180. The molecule has 1 nitrogen and oxygen atoms in total. The molecule has 1 aromatic rings.